The van der Waals surface area contributed by atoms with E-state index in [1.807, 2.05) is 13.8 Å². The van der Waals surface area contributed by atoms with Crippen molar-refractivity contribution in [3.05, 3.63) is 0 Å². The highest BCUT2D eigenvalue weighted by Crippen LogP contribution is 2.71. The van der Waals surface area contributed by atoms with Crippen LogP contribution in [0.4, 0.5) is 0 Å². The van der Waals surface area contributed by atoms with E-state index in [2.05, 4.69) is 62.3 Å². The molecule has 0 amide bonds. The highest BCUT2D eigenvalue weighted by atomic mass is 16.6. The monoisotopic (exact) mass is 434 g/mol. The molecule has 4 bridgehead atoms. The van der Waals surface area contributed by atoms with Gasteiger partial charge in [-0.05, 0) is 108 Å². The van der Waals surface area contributed by atoms with E-state index in [1.54, 1.807) is 0 Å². The molecule has 1 N–H and O–H groups in total. The second kappa shape index (κ2) is 6.97. The number of ether oxygens (including phenoxy) is 1. The molecule has 4 aliphatic carbocycles. The lowest BCUT2D eigenvalue weighted by molar-refractivity contribution is -0.249. The van der Waals surface area contributed by atoms with Crippen molar-refractivity contribution < 1.29 is 14.6 Å². The molecule has 0 aromatic heterocycles. The minimum Gasteiger partial charge on any atom is -0.459 e. The molecular weight excluding hydrogens is 384 g/mol. The molecule has 180 valence electrons. The van der Waals surface area contributed by atoms with Crippen LogP contribution in [-0.4, -0.2) is 22.3 Å². The topological polar surface area (TPSA) is 46.5 Å². The van der Waals surface area contributed by atoms with Gasteiger partial charge in [-0.25, -0.2) is 0 Å². The fourth-order valence-electron chi connectivity index (χ4n) is 7.84. The molecule has 0 spiro atoms. The van der Waals surface area contributed by atoms with Crippen LogP contribution in [-0.2, 0) is 9.53 Å². The summed E-state index contributed by atoms with van der Waals surface area (Å²) in [5.41, 5.74) is -2.02. The maximum Gasteiger partial charge on any atom is 0.312 e. The van der Waals surface area contributed by atoms with Crippen molar-refractivity contribution in [3.63, 3.8) is 0 Å². The molecule has 0 heterocycles. The van der Waals surface area contributed by atoms with Gasteiger partial charge in [-0.2, -0.15) is 0 Å². The first-order chi connectivity index (χ1) is 13.7. The SMILES string of the molecule is CC(C)(C)CC(C)(C(=O)OC(C)(C)C12CC3CC(CC(C(C)(C)O)(C3)C1)C2)C(C)(C)C. The van der Waals surface area contributed by atoms with E-state index >= 15 is 0 Å². The molecule has 4 rings (SSSR count). The number of aliphatic hydroxyl groups is 1. The lowest BCUT2D eigenvalue weighted by atomic mass is 9.38. The third-order valence-corrected chi connectivity index (χ3v) is 9.97. The first kappa shape index (κ1) is 25.1. The Balaban J connectivity index is 1.93. The van der Waals surface area contributed by atoms with Gasteiger partial charge >= 0.3 is 5.97 Å². The first-order valence-electron chi connectivity index (χ1n) is 12.6. The van der Waals surface area contributed by atoms with Crippen molar-refractivity contribution in [3.8, 4) is 0 Å². The molecular formula is C28H50O3. The van der Waals surface area contributed by atoms with Gasteiger partial charge in [0.15, 0.2) is 0 Å². The molecule has 4 fully saturated rings. The summed E-state index contributed by atoms with van der Waals surface area (Å²) >= 11 is 0. The van der Waals surface area contributed by atoms with Crippen LogP contribution in [0, 0.1) is 38.9 Å². The summed E-state index contributed by atoms with van der Waals surface area (Å²) in [4.78, 5) is 13.9. The highest BCUT2D eigenvalue weighted by Gasteiger charge is 2.67. The summed E-state index contributed by atoms with van der Waals surface area (Å²) in [7, 11) is 0. The Hall–Kier alpha value is -0.570. The second-order valence-electron chi connectivity index (χ2n) is 15.3. The van der Waals surface area contributed by atoms with Crippen molar-refractivity contribution in [2.75, 3.05) is 0 Å². The summed E-state index contributed by atoms with van der Waals surface area (Å²) in [5.74, 6) is 1.25. The van der Waals surface area contributed by atoms with Gasteiger partial charge in [0, 0.05) is 5.41 Å². The zero-order chi connectivity index (χ0) is 23.9. The van der Waals surface area contributed by atoms with Crippen LogP contribution < -0.4 is 0 Å². The lowest BCUT2D eigenvalue weighted by Crippen LogP contribution is -2.65. The molecule has 0 radical (unpaired) electrons. The molecule has 31 heavy (non-hydrogen) atoms. The summed E-state index contributed by atoms with van der Waals surface area (Å²) in [6, 6.07) is 0. The fourth-order valence-corrected chi connectivity index (χ4v) is 7.84. The van der Waals surface area contributed by atoms with E-state index < -0.39 is 16.6 Å². The van der Waals surface area contributed by atoms with E-state index in [1.165, 1.54) is 6.42 Å². The molecule has 0 aliphatic heterocycles. The third kappa shape index (κ3) is 4.11. The van der Waals surface area contributed by atoms with Gasteiger partial charge in [-0.3, -0.25) is 4.79 Å². The van der Waals surface area contributed by atoms with Gasteiger partial charge in [-0.1, -0.05) is 41.5 Å². The number of carbonyl (C=O) groups excluding carboxylic acids is 1. The van der Waals surface area contributed by atoms with Crippen LogP contribution in [0.15, 0.2) is 0 Å². The summed E-state index contributed by atoms with van der Waals surface area (Å²) in [6.45, 7) is 23.6. The average Bonchev–Trinajstić information content (AvgIpc) is 2.49. The second-order valence-corrected chi connectivity index (χ2v) is 15.3. The van der Waals surface area contributed by atoms with E-state index in [0.717, 1.165) is 38.5 Å². The number of carbonyl (C=O) groups is 1. The Morgan fingerprint density at radius 2 is 1.29 bits per heavy atom. The summed E-state index contributed by atoms with van der Waals surface area (Å²) < 4.78 is 6.60. The average molecular weight is 435 g/mol. The minimum atomic E-state index is -0.692. The Kier molecular flexibility index (Phi) is 5.63. The Morgan fingerprint density at radius 1 is 0.839 bits per heavy atom. The molecule has 3 atom stereocenters. The fraction of sp³-hybridized carbons (Fsp3) is 0.964. The standard InChI is InChI=1S/C28H50O3/c1-22(2,3)17-26(11,23(4,5)6)21(29)31-25(9,10)28-15-19-12-20(16-28)14-27(13-19,18-28)24(7,8)30/h19-20,30H,12-18H2,1-11H3. The van der Waals surface area contributed by atoms with Gasteiger partial charge < -0.3 is 9.84 Å². The van der Waals surface area contributed by atoms with E-state index in [-0.39, 0.29) is 27.6 Å². The molecule has 3 unspecified atom stereocenters. The normalized spacial score (nSPS) is 35.7. The number of hydrogen-bond donors (Lipinski definition) is 1. The van der Waals surface area contributed by atoms with Gasteiger partial charge in [0.1, 0.15) is 5.60 Å². The van der Waals surface area contributed by atoms with Crippen LogP contribution in [0.5, 0.6) is 0 Å². The molecule has 4 saturated carbocycles. The van der Waals surface area contributed by atoms with Crippen molar-refractivity contribution in [1.82, 2.24) is 0 Å². The summed E-state index contributed by atoms with van der Waals surface area (Å²) in [5, 5.41) is 11.2. The quantitative estimate of drug-likeness (QED) is 0.467. The minimum absolute atomic E-state index is 0.0345. The van der Waals surface area contributed by atoms with E-state index in [4.69, 9.17) is 4.74 Å². The maximum absolute atomic E-state index is 13.9. The van der Waals surface area contributed by atoms with Crippen LogP contribution in [0.3, 0.4) is 0 Å². The Bertz CT molecular complexity index is 698. The first-order valence-corrected chi connectivity index (χ1v) is 12.6. The van der Waals surface area contributed by atoms with Crippen LogP contribution in [0.1, 0.15) is 121 Å². The number of hydrogen-bond acceptors (Lipinski definition) is 3. The van der Waals surface area contributed by atoms with E-state index in [0.29, 0.717) is 11.8 Å². The van der Waals surface area contributed by atoms with Crippen molar-refractivity contribution in [2.45, 2.75) is 132 Å². The van der Waals surface area contributed by atoms with Crippen LogP contribution >= 0.6 is 0 Å². The molecule has 3 heteroatoms. The van der Waals surface area contributed by atoms with Gasteiger partial charge in [0.2, 0.25) is 0 Å². The third-order valence-electron chi connectivity index (χ3n) is 9.97. The predicted octanol–water partition coefficient (Wildman–Crippen LogP) is 7.15. The number of esters is 1. The van der Waals surface area contributed by atoms with Gasteiger partial charge in [0.05, 0.1) is 11.0 Å². The molecule has 3 nitrogen and oxygen atoms in total. The number of rotatable bonds is 5. The van der Waals surface area contributed by atoms with Crippen molar-refractivity contribution in [1.29, 1.82) is 0 Å². The molecule has 0 aromatic rings. The zero-order valence-corrected chi connectivity index (χ0v) is 22.4. The molecule has 0 saturated heterocycles. The Morgan fingerprint density at radius 3 is 1.68 bits per heavy atom. The van der Waals surface area contributed by atoms with Crippen molar-refractivity contribution in [2.24, 2.45) is 38.9 Å². The van der Waals surface area contributed by atoms with Crippen LogP contribution in [0.2, 0.25) is 0 Å². The Labute approximate surface area is 192 Å². The maximum atomic E-state index is 13.9. The zero-order valence-electron chi connectivity index (χ0n) is 22.4. The largest absolute Gasteiger partial charge is 0.459 e. The summed E-state index contributed by atoms with van der Waals surface area (Å²) in [6.07, 6.45) is 7.57. The smallest absolute Gasteiger partial charge is 0.312 e. The molecule has 4 aliphatic rings. The van der Waals surface area contributed by atoms with E-state index in [9.17, 15) is 9.90 Å². The lowest BCUT2D eigenvalue weighted by Gasteiger charge is -2.68. The molecule has 0 aromatic carbocycles. The van der Waals surface area contributed by atoms with Gasteiger partial charge in [-0.15, -0.1) is 0 Å². The predicted molar refractivity (Wildman–Crippen MR) is 128 cm³/mol. The van der Waals surface area contributed by atoms with Crippen LogP contribution in [0.25, 0.3) is 0 Å². The van der Waals surface area contributed by atoms with Gasteiger partial charge in [0.25, 0.3) is 0 Å². The van der Waals surface area contributed by atoms with Crippen molar-refractivity contribution >= 4 is 5.97 Å². The highest BCUT2D eigenvalue weighted by molar-refractivity contribution is 5.78.